The maximum atomic E-state index is 11.4. The predicted molar refractivity (Wildman–Crippen MR) is 62.4 cm³/mol. The summed E-state index contributed by atoms with van der Waals surface area (Å²) in [4.78, 5) is 11.4. The fourth-order valence-electron chi connectivity index (χ4n) is 1.48. The van der Waals surface area contributed by atoms with Crippen LogP contribution in [0.3, 0.4) is 0 Å². The van der Waals surface area contributed by atoms with Crippen molar-refractivity contribution in [1.82, 2.24) is 5.32 Å². The van der Waals surface area contributed by atoms with Crippen LogP contribution in [-0.2, 0) is 4.79 Å². The summed E-state index contributed by atoms with van der Waals surface area (Å²) >= 11 is 0. The first-order chi connectivity index (χ1) is 7.27. The Balaban J connectivity index is 2.69. The first-order valence-corrected chi connectivity index (χ1v) is 5.26. The molecule has 1 aromatic rings. The molecule has 0 aromatic heterocycles. The highest BCUT2D eigenvalue weighted by atomic mass is 16.1. The van der Waals surface area contributed by atoms with Crippen molar-refractivity contribution in [3.63, 3.8) is 0 Å². The maximum absolute atomic E-state index is 11.4. The van der Waals surface area contributed by atoms with Gasteiger partial charge in [-0.1, -0.05) is 43.3 Å². The van der Waals surface area contributed by atoms with E-state index in [1.807, 2.05) is 37.3 Å². The van der Waals surface area contributed by atoms with Crippen LogP contribution in [0.25, 0.3) is 0 Å². The minimum atomic E-state index is -0.0341. The molecule has 1 unspecified atom stereocenters. The molecule has 2 nitrogen and oxygen atoms in total. The van der Waals surface area contributed by atoms with Gasteiger partial charge in [-0.2, -0.15) is 0 Å². The molecular formula is C13H17NO. The van der Waals surface area contributed by atoms with E-state index in [1.165, 1.54) is 0 Å². The highest BCUT2D eigenvalue weighted by molar-refractivity contribution is 5.87. The first-order valence-electron chi connectivity index (χ1n) is 5.26. The van der Waals surface area contributed by atoms with Crippen LogP contribution in [0.2, 0.25) is 0 Å². The summed E-state index contributed by atoms with van der Waals surface area (Å²) in [7, 11) is 0. The zero-order valence-electron chi connectivity index (χ0n) is 9.23. The van der Waals surface area contributed by atoms with Crippen molar-refractivity contribution in [3.05, 3.63) is 48.0 Å². The molecule has 0 aliphatic rings. The molecule has 0 spiro atoms. The van der Waals surface area contributed by atoms with Crippen LogP contribution in [-0.4, -0.2) is 5.91 Å². The van der Waals surface area contributed by atoms with Crippen LogP contribution < -0.4 is 5.32 Å². The quantitative estimate of drug-likeness (QED) is 0.749. The number of allylic oxidation sites excluding steroid dienone is 1. The summed E-state index contributed by atoms with van der Waals surface area (Å²) in [5.74, 6) is -0.0341. The molecule has 15 heavy (non-hydrogen) atoms. The lowest BCUT2D eigenvalue weighted by molar-refractivity contribution is -0.117. The number of amides is 1. The lowest BCUT2D eigenvalue weighted by Crippen LogP contribution is -2.26. The zero-order chi connectivity index (χ0) is 11.1. The molecule has 0 saturated carbocycles. The normalized spacial score (nSPS) is 12.7. The second-order valence-corrected chi connectivity index (χ2v) is 3.38. The monoisotopic (exact) mass is 203 g/mol. The van der Waals surface area contributed by atoms with Crippen molar-refractivity contribution < 1.29 is 4.79 Å². The topological polar surface area (TPSA) is 29.1 Å². The number of rotatable bonds is 4. The van der Waals surface area contributed by atoms with Crippen LogP contribution in [0.1, 0.15) is 31.9 Å². The van der Waals surface area contributed by atoms with Gasteiger partial charge in [0.05, 0.1) is 6.04 Å². The predicted octanol–water partition coefficient (Wildman–Crippen LogP) is 2.83. The van der Waals surface area contributed by atoms with E-state index in [4.69, 9.17) is 0 Å². The summed E-state index contributed by atoms with van der Waals surface area (Å²) in [5.41, 5.74) is 1.15. The minimum Gasteiger partial charge on any atom is -0.346 e. The zero-order valence-corrected chi connectivity index (χ0v) is 9.23. The van der Waals surface area contributed by atoms with E-state index >= 15 is 0 Å². The first kappa shape index (κ1) is 11.5. The van der Waals surface area contributed by atoms with Gasteiger partial charge in [-0.3, -0.25) is 4.79 Å². The Morgan fingerprint density at radius 3 is 2.60 bits per heavy atom. The van der Waals surface area contributed by atoms with Gasteiger partial charge >= 0.3 is 0 Å². The Morgan fingerprint density at radius 2 is 2.07 bits per heavy atom. The molecule has 0 heterocycles. The van der Waals surface area contributed by atoms with Gasteiger partial charge in [0.15, 0.2) is 0 Å². The Kier molecular flexibility index (Phi) is 4.61. The van der Waals surface area contributed by atoms with Crippen LogP contribution in [0.15, 0.2) is 42.5 Å². The van der Waals surface area contributed by atoms with Crippen molar-refractivity contribution in [2.75, 3.05) is 0 Å². The van der Waals surface area contributed by atoms with E-state index < -0.39 is 0 Å². The molecule has 1 amide bonds. The summed E-state index contributed by atoms with van der Waals surface area (Å²) in [6.45, 7) is 3.90. The van der Waals surface area contributed by atoms with Crippen molar-refractivity contribution in [1.29, 1.82) is 0 Å². The molecular weight excluding hydrogens is 186 g/mol. The lowest BCUT2D eigenvalue weighted by Gasteiger charge is -2.16. The standard InChI is InChI=1S/C13H17NO/c1-3-8-13(15)14-12(4-2)11-9-6-5-7-10-11/h3,5-10,12H,4H2,1-2H3,(H,14,15). The van der Waals surface area contributed by atoms with Gasteiger partial charge < -0.3 is 5.32 Å². The number of nitrogens with one attached hydrogen (secondary N) is 1. The van der Waals surface area contributed by atoms with E-state index in [-0.39, 0.29) is 11.9 Å². The average molecular weight is 203 g/mol. The SMILES string of the molecule is CC=CC(=O)NC(CC)c1ccccc1. The van der Waals surface area contributed by atoms with E-state index in [9.17, 15) is 4.79 Å². The summed E-state index contributed by atoms with van der Waals surface area (Å²) in [6.07, 6.45) is 4.19. The number of carbonyl (C=O) groups is 1. The number of benzene rings is 1. The molecule has 0 aliphatic carbocycles. The van der Waals surface area contributed by atoms with Gasteiger partial charge in [0.25, 0.3) is 0 Å². The van der Waals surface area contributed by atoms with Crippen molar-refractivity contribution >= 4 is 5.91 Å². The fourth-order valence-corrected chi connectivity index (χ4v) is 1.48. The molecule has 1 rings (SSSR count). The van der Waals surface area contributed by atoms with E-state index in [2.05, 4.69) is 12.2 Å². The van der Waals surface area contributed by atoms with Crippen molar-refractivity contribution in [3.8, 4) is 0 Å². The van der Waals surface area contributed by atoms with Gasteiger partial charge in [0, 0.05) is 0 Å². The summed E-state index contributed by atoms with van der Waals surface area (Å²) in [6, 6.07) is 10.1. The molecule has 0 bridgehead atoms. The second-order valence-electron chi connectivity index (χ2n) is 3.38. The molecule has 1 N–H and O–H groups in total. The third-order valence-electron chi connectivity index (χ3n) is 2.24. The fraction of sp³-hybridized carbons (Fsp3) is 0.308. The molecule has 0 aliphatic heterocycles. The van der Waals surface area contributed by atoms with E-state index in [1.54, 1.807) is 12.2 Å². The summed E-state index contributed by atoms with van der Waals surface area (Å²) < 4.78 is 0. The Morgan fingerprint density at radius 1 is 1.40 bits per heavy atom. The van der Waals surface area contributed by atoms with Crippen LogP contribution in [0.4, 0.5) is 0 Å². The Labute approximate surface area is 91.0 Å². The van der Waals surface area contributed by atoms with E-state index in [0.29, 0.717) is 0 Å². The molecule has 1 aromatic carbocycles. The van der Waals surface area contributed by atoms with Gasteiger partial charge in [-0.25, -0.2) is 0 Å². The molecule has 80 valence electrons. The number of hydrogen-bond acceptors (Lipinski definition) is 1. The smallest absolute Gasteiger partial charge is 0.244 e. The average Bonchev–Trinajstić information content (AvgIpc) is 2.27. The van der Waals surface area contributed by atoms with Crippen molar-refractivity contribution in [2.45, 2.75) is 26.3 Å². The van der Waals surface area contributed by atoms with Crippen LogP contribution >= 0.6 is 0 Å². The number of hydrogen-bond donors (Lipinski definition) is 1. The third-order valence-corrected chi connectivity index (χ3v) is 2.24. The number of carbonyl (C=O) groups excluding carboxylic acids is 1. The molecule has 2 heteroatoms. The highest BCUT2D eigenvalue weighted by Gasteiger charge is 2.09. The summed E-state index contributed by atoms with van der Waals surface area (Å²) in [5, 5.41) is 2.96. The molecule has 1 atom stereocenters. The molecule has 0 radical (unpaired) electrons. The van der Waals surface area contributed by atoms with Crippen LogP contribution in [0, 0.1) is 0 Å². The van der Waals surface area contributed by atoms with Gasteiger partial charge in [-0.05, 0) is 25.0 Å². The largest absolute Gasteiger partial charge is 0.346 e. The molecule has 0 saturated heterocycles. The highest BCUT2D eigenvalue weighted by Crippen LogP contribution is 2.15. The van der Waals surface area contributed by atoms with Gasteiger partial charge in [-0.15, -0.1) is 0 Å². The molecule has 0 fully saturated rings. The van der Waals surface area contributed by atoms with Gasteiger partial charge in [0.1, 0.15) is 0 Å². The van der Waals surface area contributed by atoms with Crippen LogP contribution in [0.5, 0.6) is 0 Å². The third kappa shape index (κ3) is 3.58. The minimum absolute atomic E-state index is 0.0341. The second kappa shape index (κ2) is 6.02. The van der Waals surface area contributed by atoms with Crippen molar-refractivity contribution in [2.24, 2.45) is 0 Å². The lowest BCUT2D eigenvalue weighted by atomic mass is 10.0. The maximum Gasteiger partial charge on any atom is 0.244 e. The Bertz CT molecular complexity index is 330. The van der Waals surface area contributed by atoms with E-state index in [0.717, 1.165) is 12.0 Å². The Hall–Kier alpha value is -1.57. The van der Waals surface area contributed by atoms with Gasteiger partial charge in [0.2, 0.25) is 5.91 Å².